The third kappa shape index (κ3) is 3.28. The van der Waals surface area contributed by atoms with E-state index in [0.717, 1.165) is 38.8 Å². The lowest BCUT2D eigenvalue weighted by Crippen LogP contribution is -2.13. The van der Waals surface area contributed by atoms with Gasteiger partial charge in [-0.25, -0.2) is 0 Å². The number of nitrogens with zero attached hydrogens (tertiary/aromatic N) is 2. The SMILES string of the molecule is CCCNCc1nnc(CC2CCCO2)o1. The van der Waals surface area contributed by atoms with Gasteiger partial charge in [-0.2, -0.15) is 0 Å². The highest BCUT2D eigenvalue weighted by Gasteiger charge is 2.19. The fourth-order valence-corrected chi connectivity index (χ4v) is 1.81. The summed E-state index contributed by atoms with van der Waals surface area (Å²) >= 11 is 0. The molecule has 1 saturated heterocycles. The molecule has 5 heteroatoms. The van der Waals surface area contributed by atoms with Crippen molar-refractivity contribution in [2.24, 2.45) is 0 Å². The highest BCUT2D eigenvalue weighted by molar-refractivity contribution is 4.85. The molecule has 0 bridgehead atoms. The van der Waals surface area contributed by atoms with Crippen molar-refractivity contribution < 1.29 is 9.15 Å². The molecule has 0 saturated carbocycles. The molecular weight excluding hydrogens is 206 g/mol. The maximum Gasteiger partial charge on any atom is 0.230 e. The Morgan fingerprint density at radius 3 is 3.00 bits per heavy atom. The minimum atomic E-state index is 0.275. The number of aromatic nitrogens is 2. The molecule has 0 aliphatic carbocycles. The lowest BCUT2D eigenvalue weighted by Gasteiger charge is -2.04. The van der Waals surface area contributed by atoms with Crippen LogP contribution in [0.2, 0.25) is 0 Å². The first-order valence-electron chi connectivity index (χ1n) is 6.02. The van der Waals surface area contributed by atoms with Crippen LogP contribution in [-0.4, -0.2) is 29.5 Å². The van der Waals surface area contributed by atoms with Gasteiger partial charge in [0.05, 0.1) is 19.1 Å². The van der Waals surface area contributed by atoms with E-state index in [0.29, 0.717) is 18.3 Å². The van der Waals surface area contributed by atoms with Crippen molar-refractivity contribution >= 4 is 0 Å². The fraction of sp³-hybridized carbons (Fsp3) is 0.818. The van der Waals surface area contributed by atoms with E-state index in [1.807, 2.05) is 0 Å². The summed E-state index contributed by atoms with van der Waals surface area (Å²) < 4.78 is 11.0. The molecule has 0 radical (unpaired) electrons. The van der Waals surface area contributed by atoms with E-state index in [2.05, 4.69) is 22.4 Å². The molecule has 0 aromatic carbocycles. The molecule has 1 aromatic heterocycles. The molecular formula is C11H19N3O2. The van der Waals surface area contributed by atoms with Gasteiger partial charge in [-0.05, 0) is 25.8 Å². The lowest BCUT2D eigenvalue weighted by atomic mass is 10.2. The molecule has 0 spiro atoms. The van der Waals surface area contributed by atoms with Crippen LogP contribution in [-0.2, 0) is 17.7 Å². The average Bonchev–Trinajstić information content (AvgIpc) is 2.91. The van der Waals surface area contributed by atoms with Gasteiger partial charge in [0.25, 0.3) is 0 Å². The fourth-order valence-electron chi connectivity index (χ4n) is 1.81. The van der Waals surface area contributed by atoms with E-state index < -0.39 is 0 Å². The molecule has 16 heavy (non-hydrogen) atoms. The molecule has 5 nitrogen and oxygen atoms in total. The maximum atomic E-state index is 5.53. The molecule has 1 aliphatic heterocycles. The summed E-state index contributed by atoms with van der Waals surface area (Å²) in [5, 5.41) is 11.2. The zero-order valence-corrected chi connectivity index (χ0v) is 9.74. The predicted molar refractivity (Wildman–Crippen MR) is 59.0 cm³/mol. The molecule has 1 atom stereocenters. The molecule has 90 valence electrons. The average molecular weight is 225 g/mol. The van der Waals surface area contributed by atoms with Crippen molar-refractivity contribution in [2.75, 3.05) is 13.2 Å². The van der Waals surface area contributed by atoms with Crippen molar-refractivity contribution in [1.29, 1.82) is 0 Å². The first-order chi connectivity index (χ1) is 7.88. The third-order valence-electron chi connectivity index (χ3n) is 2.64. The second-order valence-electron chi connectivity index (χ2n) is 4.11. The van der Waals surface area contributed by atoms with Crippen molar-refractivity contribution in [3.05, 3.63) is 11.8 Å². The molecule has 1 unspecified atom stereocenters. The molecule has 2 rings (SSSR count). The highest BCUT2D eigenvalue weighted by atomic mass is 16.5. The largest absolute Gasteiger partial charge is 0.424 e. The number of hydrogen-bond acceptors (Lipinski definition) is 5. The zero-order chi connectivity index (χ0) is 11.2. The van der Waals surface area contributed by atoms with Crippen molar-refractivity contribution in [3.63, 3.8) is 0 Å². The third-order valence-corrected chi connectivity index (χ3v) is 2.64. The second kappa shape index (κ2) is 5.96. The van der Waals surface area contributed by atoms with Gasteiger partial charge in [-0.1, -0.05) is 6.92 Å². The van der Waals surface area contributed by atoms with Crippen molar-refractivity contribution in [3.8, 4) is 0 Å². The molecule has 1 aliphatic rings. The van der Waals surface area contributed by atoms with E-state index in [1.54, 1.807) is 0 Å². The minimum Gasteiger partial charge on any atom is -0.424 e. The zero-order valence-electron chi connectivity index (χ0n) is 9.74. The van der Waals surface area contributed by atoms with Crippen LogP contribution in [0, 0.1) is 0 Å². The maximum absolute atomic E-state index is 5.53. The molecule has 0 amide bonds. The molecule has 1 N–H and O–H groups in total. The van der Waals surface area contributed by atoms with Gasteiger partial charge in [0, 0.05) is 6.61 Å². The van der Waals surface area contributed by atoms with Gasteiger partial charge < -0.3 is 14.5 Å². The van der Waals surface area contributed by atoms with Crippen LogP contribution >= 0.6 is 0 Å². The Morgan fingerprint density at radius 2 is 2.25 bits per heavy atom. The van der Waals surface area contributed by atoms with Crippen LogP contribution in [0.1, 0.15) is 38.0 Å². The van der Waals surface area contributed by atoms with E-state index in [-0.39, 0.29) is 6.10 Å². The number of ether oxygens (including phenoxy) is 1. The van der Waals surface area contributed by atoms with Crippen LogP contribution in [0.15, 0.2) is 4.42 Å². The molecule has 1 fully saturated rings. The summed E-state index contributed by atoms with van der Waals surface area (Å²) in [5.74, 6) is 1.36. The topological polar surface area (TPSA) is 60.2 Å². The standard InChI is InChI=1S/C11H19N3O2/c1-2-5-12-8-11-14-13-10(16-11)7-9-4-3-6-15-9/h9,12H,2-8H2,1H3. The van der Waals surface area contributed by atoms with Gasteiger partial charge >= 0.3 is 0 Å². The van der Waals surface area contributed by atoms with Gasteiger partial charge in [0.15, 0.2) is 0 Å². The normalized spacial score (nSPS) is 20.4. The lowest BCUT2D eigenvalue weighted by molar-refractivity contribution is 0.105. The van der Waals surface area contributed by atoms with Crippen LogP contribution in [0.5, 0.6) is 0 Å². The molecule has 1 aromatic rings. The van der Waals surface area contributed by atoms with Gasteiger partial charge in [-0.15, -0.1) is 10.2 Å². The minimum absolute atomic E-state index is 0.275. The predicted octanol–water partition coefficient (Wildman–Crippen LogP) is 1.29. The van der Waals surface area contributed by atoms with Crippen LogP contribution in [0.25, 0.3) is 0 Å². The van der Waals surface area contributed by atoms with Crippen LogP contribution < -0.4 is 5.32 Å². The Balaban J connectivity index is 1.77. The first kappa shape index (κ1) is 11.5. The monoisotopic (exact) mass is 225 g/mol. The summed E-state index contributed by atoms with van der Waals surface area (Å²) in [4.78, 5) is 0. The summed E-state index contributed by atoms with van der Waals surface area (Å²) in [5.41, 5.74) is 0. The smallest absolute Gasteiger partial charge is 0.230 e. The van der Waals surface area contributed by atoms with Gasteiger partial charge in [0.2, 0.25) is 11.8 Å². The van der Waals surface area contributed by atoms with Gasteiger partial charge in [-0.3, -0.25) is 0 Å². The van der Waals surface area contributed by atoms with Crippen LogP contribution in [0.4, 0.5) is 0 Å². The Morgan fingerprint density at radius 1 is 1.38 bits per heavy atom. The Labute approximate surface area is 95.6 Å². The summed E-state index contributed by atoms with van der Waals surface area (Å²) in [7, 11) is 0. The van der Waals surface area contributed by atoms with Crippen LogP contribution in [0.3, 0.4) is 0 Å². The summed E-state index contributed by atoms with van der Waals surface area (Å²) in [6.07, 6.45) is 4.38. The Kier molecular flexibility index (Phi) is 4.30. The quantitative estimate of drug-likeness (QED) is 0.739. The summed E-state index contributed by atoms with van der Waals surface area (Å²) in [6.45, 7) is 4.63. The van der Waals surface area contributed by atoms with E-state index >= 15 is 0 Å². The van der Waals surface area contributed by atoms with Crippen molar-refractivity contribution in [1.82, 2.24) is 15.5 Å². The number of nitrogens with one attached hydrogen (secondary N) is 1. The first-order valence-corrected chi connectivity index (χ1v) is 6.02. The van der Waals surface area contributed by atoms with Gasteiger partial charge in [0.1, 0.15) is 0 Å². The molecule has 2 heterocycles. The number of hydrogen-bond donors (Lipinski definition) is 1. The van der Waals surface area contributed by atoms with E-state index in [9.17, 15) is 0 Å². The second-order valence-corrected chi connectivity index (χ2v) is 4.11. The highest BCUT2D eigenvalue weighted by Crippen LogP contribution is 2.16. The van der Waals surface area contributed by atoms with E-state index in [1.165, 1.54) is 0 Å². The summed E-state index contributed by atoms with van der Waals surface area (Å²) in [6, 6.07) is 0. The Hall–Kier alpha value is -0.940. The van der Waals surface area contributed by atoms with E-state index in [4.69, 9.17) is 9.15 Å². The number of rotatable bonds is 6. The Bertz CT molecular complexity index is 308. The van der Waals surface area contributed by atoms with Crippen molar-refractivity contribution in [2.45, 2.75) is 45.3 Å².